The highest BCUT2D eigenvalue weighted by Crippen LogP contribution is 2.46. The van der Waals surface area contributed by atoms with Gasteiger partial charge in [-0.1, -0.05) is 60.7 Å². The number of benzene rings is 3. The minimum absolute atomic E-state index is 0.229. The van der Waals surface area contributed by atoms with Gasteiger partial charge >= 0.3 is 0 Å². The van der Waals surface area contributed by atoms with Crippen LogP contribution in [0, 0.1) is 0 Å². The van der Waals surface area contributed by atoms with E-state index in [4.69, 9.17) is 0 Å². The van der Waals surface area contributed by atoms with Crippen molar-refractivity contribution in [3.05, 3.63) is 77.9 Å². The Bertz CT molecular complexity index is 823. The zero-order chi connectivity index (χ0) is 14.2. The second kappa shape index (κ2) is 5.05. The molecule has 102 valence electrons. The number of fused-ring (bicyclic) bond motifs is 3. The van der Waals surface area contributed by atoms with Gasteiger partial charge < -0.3 is 0 Å². The summed E-state index contributed by atoms with van der Waals surface area (Å²) < 4.78 is 0. The normalized spacial score (nSPS) is 17.7. The Kier molecular flexibility index (Phi) is 3.04. The number of Topliss-reactive ketones (excluding diaryl/α,β-unsaturated/α-hetero) is 1. The average Bonchev–Trinajstić information content (AvgIpc) is 2.55. The van der Waals surface area contributed by atoms with Crippen molar-refractivity contribution >= 4 is 28.3 Å². The average molecular weight is 290 g/mol. The maximum absolute atomic E-state index is 12.7. The highest BCUT2D eigenvalue weighted by atomic mass is 32.2. The molecule has 1 unspecified atom stereocenters. The number of thioether (sulfide) groups is 1. The maximum Gasteiger partial charge on any atom is 0.166 e. The summed E-state index contributed by atoms with van der Waals surface area (Å²) in [6, 6.07) is 22.6. The van der Waals surface area contributed by atoms with Gasteiger partial charge in [0, 0.05) is 22.1 Å². The van der Waals surface area contributed by atoms with Crippen LogP contribution in [0.5, 0.6) is 0 Å². The second-order valence-corrected chi connectivity index (χ2v) is 6.55. The van der Waals surface area contributed by atoms with E-state index in [-0.39, 0.29) is 11.0 Å². The summed E-state index contributed by atoms with van der Waals surface area (Å²) >= 11 is 1.81. The Morgan fingerprint density at radius 1 is 0.857 bits per heavy atom. The SMILES string of the molecule is O=C1CC(c2ccccc2)Sc2ccc3ccccc3c21. The lowest BCUT2D eigenvalue weighted by Crippen LogP contribution is -2.12. The molecule has 0 radical (unpaired) electrons. The van der Waals surface area contributed by atoms with E-state index < -0.39 is 0 Å². The topological polar surface area (TPSA) is 17.1 Å². The molecule has 0 N–H and O–H groups in total. The van der Waals surface area contributed by atoms with Crippen LogP contribution in [0.2, 0.25) is 0 Å². The summed E-state index contributed by atoms with van der Waals surface area (Å²) in [4.78, 5) is 13.8. The monoisotopic (exact) mass is 290 g/mol. The van der Waals surface area contributed by atoms with Crippen molar-refractivity contribution in [1.29, 1.82) is 0 Å². The van der Waals surface area contributed by atoms with Gasteiger partial charge in [-0.3, -0.25) is 4.79 Å². The molecule has 1 atom stereocenters. The van der Waals surface area contributed by atoms with Crippen molar-refractivity contribution in [3.63, 3.8) is 0 Å². The van der Waals surface area contributed by atoms with Crippen LogP contribution in [-0.2, 0) is 0 Å². The molecule has 0 aliphatic carbocycles. The van der Waals surface area contributed by atoms with Gasteiger partial charge in [0.25, 0.3) is 0 Å². The Hall–Kier alpha value is -2.06. The number of carbonyl (C=O) groups excluding carboxylic acids is 1. The van der Waals surface area contributed by atoms with Crippen LogP contribution in [-0.4, -0.2) is 5.78 Å². The highest BCUT2D eigenvalue weighted by Gasteiger charge is 2.28. The Balaban J connectivity index is 1.83. The first-order valence-electron chi connectivity index (χ1n) is 7.09. The molecule has 3 aromatic carbocycles. The van der Waals surface area contributed by atoms with Crippen LogP contribution in [0.25, 0.3) is 10.8 Å². The molecule has 0 bridgehead atoms. The van der Waals surface area contributed by atoms with E-state index in [2.05, 4.69) is 36.4 Å². The maximum atomic E-state index is 12.7. The van der Waals surface area contributed by atoms with E-state index in [0.29, 0.717) is 6.42 Å². The fourth-order valence-corrected chi connectivity index (χ4v) is 4.28. The lowest BCUT2D eigenvalue weighted by molar-refractivity contribution is 0.0978. The van der Waals surface area contributed by atoms with Gasteiger partial charge in [0.1, 0.15) is 0 Å². The molecule has 0 fully saturated rings. The van der Waals surface area contributed by atoms with Crippen molar-refractivity contribution in [1.82, 2.24) is 0 Å². The zero-order valence-corrected chi connectivity index (χ0v) is 12.3. The minimum Gasteiger partial charge on any atom is -0.294 e. The first kappa shape index (κ1) is 12.7. The van der Waals surface area contributed by atoms with Crippen molar-refractivity contribution in [2.45, 2.75) is 16.6 Å². The van der Waals surface area contributed by atoms with Crippen LogP contribution in [0.1, 0.15) is 27.6 Å². The van der Waals surface area contributed by atoms with Crippen molar-refractivity contribution in [3.8, 4) is 0 Å². The molecule has 0 aromatic heterocycles. The lowest BCUT2D eigenvalue weighted by Gasteiger charge is -2.24. The molecule has 1 nitrogen and oxygen atoms in total. The fourth-order valence-electron chi connectivity index (χ4n) is 2.96. The number of hydrogen-bond donors (Lipinski definition) is 0. The predicted molar refractivity (Wildman–Crippen MR) is 87.9 cm³/mol. The molecule has 3 aromatic rings. The third kappa shape index (κ3) is 2.16. The van der Waals surface area contributed by atoms with Gasteiger partial charge in [-0.2, -0.15) is 0 Å². The zero-order valence-electron chi connectivity index (χ0n) is 11.5. The molecule has 0 amide bonds. The van der Waals surface area contributed by atoms with E-state index in [1.807, 2.05) is 42.1 Å². The molecule has 21 heavy (non-hydrogen) atoms. The number of carbonyl (C=O) groups is 1. The van der Waals surface area contributed by atoms with E-state index in [0.717, 1.165) is 21.2 Å². The Morgan fingerprint density at radius 2 is 1.62 bits per heavy atom. The summed E-state index contributed by atoms with van der Waals surface area (Å²) in [5, 5.41) is 2.45. The molecule has 0 saturated carbocycles. The van der Waals surface area contributed by atoms with Crippen LogP contribution in [0.15, 0.2) is 71.6 Å². The summed E-state index contributed by atoms with van der Waals surface area (Å²) in [6.07, 6.45) is 0.579. The molecule has 1 aliphatic heterocycles. The predicted octanol–water partition coefficient (Wildman–Crippen LogP) is 5.26. The summed E-state index contributed by atoms with van der Waals surface area (Å²) in [7, 11) is 0. The van der Waals surface area contributed by atoms with Crippen LogP contribution in [0.4, 0.5) is 0 Å². The van der Waals surface area contributed by atoms with Gasteiger partial charge in [0.15, 0.2) is 5.78 Å². The van der Waals surface area contributed by atoms with Crippen LogP contribution in [0.3, 0.4) is 0 Å². The molecule has 2 heteroatoms. The summed E-state index contributed by atoms with van der Waals surface area (Å²) in [6.45, 7) is 0. The molecule has 0 saturated heterocycles. The van der Waals surface area contributed by atoms with Gasteiger partial charge in [-0.05, 0) is 22.4 Å². The van der Waals surface area contributed by atoms with Crippen molar-refractivity contribution in [2.24, 2.45) is 0 Å². The quantitative estimate of drug-likeness (QED) is 0.608. The smallest absolute Gasteiger partial charge is 0.166 e. The van der Waals surface area contributed by atoms with E-state index in [1.54, 1.807) is 0 Å². The molecule has 0 spiro atoms. The van der Waals surface area contributed by atoms with Crippen molar-refractivity contribution < 1.29 is 4.79 Å². The van der Waals surface area contributed by atoms with Crippen LogP contribution >= 0.6 is 11.8 Å². The minimum atomic E-state index is 0.229. The standard InChI is InChI=1S/C19H14OS/c20-16-12-18(14-7-2-1-3-8-14)21-17-11-10-13-6-4-5-9-15(13)19(16)17/h1-11,18H,12H2. The summed E-state index contributed by atoms with van der Waals surface area (Å²) in [5.74, 6) is 0.259. The number of ketones is 1. The molecular formula is C19H14OS. The van der Waals surface area contributed by atoms with Crippen LogP contribution < -0.4 is 0 Å². The van der Waals surface area contributed by atoms with Gasteiger partial charge in [0.05, 0.1) is 0 Å². The molecule has 4 rings (SSSR count). The number of hydrogen-bond acceptors (Lipinski definition) is 2. The highest BCUT2D eigenvalue weighted by molar-refractivity contribution is 7.99. The van der Waals surface area contributed by atoms with Gasteiger partial charge in [-0.25, -0.2) is 0 Å². The Labute approximate surface area is 128 Å². The van der Waals surface area contributed by atoms with Gasteiger partial charge in [0.2, 0.25) is 0 Å². The largest absolute Gasteiger partial charge is 0.294 e. The van der Waals surface area contributed by atoms with E-state index in [9.17, 15) is 4.79 Å². The number of rotatable bonds is 1. The molecule has 1 aliphatic rings. The van der Waals surface area contributed by atoms with Crippen molar-refractivity contribution in [2.75, 3.05) is 0 Å². The lowest BCUT2D eigenvalue weighted by atomic mass is 9.96. The Morgan fingerprint density at radius 3 is 2.48 bits per heavy atom. The van der Waals surface area contributed by atoms with E-state index in [1.165, 1.54) is 5.56 Å². The third-order valence-electron chi connectivity index (χ3n) is 3.98. The second-order valence-electron chi connectivity index (χ2n) is 5.30. The van der Waals surface area contributed by atoms with Gasteiger partial charge in [-0.15, -0.1) is 11.8 Å². The first-order valence-corrected chi connectivity index (χ1v) is 7.97. The first-order chi connectivity index (χ1) is 10.3. The van der Waals surface area contributed by atoms with E-state index >= 15 is 0 Å². The fraction of sp³-hybridized carbons (Fsp3) is 0.105. The molecular weight excluding hydrogens is 276 g/mol. The molecule has 1 heterocycles. The summed E-state index contributed by atoms with van der Waals surface area (Å²) in [5.41, 5.74) is 2.14. The third-order valence-corrected chi connectivity index (χ3v) is 5.30.